The highest BCUT2D eigenvalue weighted by Crippen LogP contribution is 2.22. The maximum absolute atomic E-state index is 8.64. The normalized spacial score (nSPS) is 11.9. The Bertz CT molecular complexity index is 365. The van der Waals surface area contributed by atoms with E-state index in [4.69, 9.17) is 10.00 Å². The standard InChI is InChI=1S/C13H17NO/c1-4-12(8-9-14)15-13-7-5-6-10(2)11(13)3/h5-7,12H,4,8H2,1-3H3. The van der Waals surface area contributed by atoms with Gasteiger partial charge in [0.05, 0.1) is 12.5 Å². The number of hydrogen-bond acceptors (Lipinski definition) is 2. The van der Waals surface area contributed by atoms with Crippen LogP contribution >= 0.6 is 0 Å². The van der Waals surface area contributed by atoms with Gasteiger partial charge < -0.3 is 4.74 Å². The largest absolute Gasteiger partial charge is 0.489 e. The Kier molecular flexibility index (Phi) is 4.17. The third-order valence-electron chi connectivity index (χ3n) is 2.62. The summed E-state index contributed by atoms with van der Waals surface area (Å²) in [6.45, 7) is 6.14. The average molecular weight is 203 g/mol. The van der Waals surface area contributed by atoms with Gasteiger partial charge in [0.1, 0.15) is 11.9 Å². The van der Waals surface area contributed by atoms with Gasteiger partial charge in [0.2, 0.25) is 0 Å². The van der Waals surface area contributed by atoms with Crippen LogP contribution in [0.15, 0.2) is 18.2 Å². The van der Waals surface area contributed by atoms with Crippen molar-refractivity contribution in [2.24, 2.45) is 0 Å². The maximum Gasteiger partial charge on any atom is 0.122 e. The first-order chi connectivity index (χ1) is 7.19. The lowest BCUT2D eigenvalue weighted by Gasteiger charge is -2.17. The van der Waals surface area contributed by atoms with Crippen molar-refractivity contribution in [2.75, 3.05) is 0 Å². The van der Waals surface area contributed by atoms with E-state index in [-0.39, 0.29) is 6.10 Å². The van der Waals surface area contributed by atoms with E-state index in [0.717, 1.165) is 17.7 Å². The summed E-state index contributed by atoms with van der Waals surface area (Å²) in [6, 6.07) is 8.15. The van der Waals surface area contributed by atoms with Crippen molar-refractivity contribution in [3.8, 4) is 11.8 Å². The number of rotatable bonds is 4. The maximum atomic E-state index is 8.64. The fourth-order valence-electron chi connectivity index (χ4n) is 1.40. The van der Waals surface area contributed by atoms with Crippen LogP contribution in [0.2, 0.25) is 0 Å². The molecule has 1 aromatic carbocycles. The van der Waals surface area contributed by atoms with Gasteiger partial charge in [0.25, 0.3) is 0 Å². The van der Waals surface area contributed by atoms with Crippen molar-refractivity contribution >= 4 is 0 Å². The van der Waals surface area contributed by atoms with Crippen LogP contribution < -0.4 is 4.74 Å². The molecule has 0 saturated carbocycles. The summed E-state index contributed by atoms with van der Waals surface area (Å²) >= 11 is 0. The van der Waals surface area contributed by atoms with Gasteiger partial charge in [-0.2, -0.15) is 5.26 Å². The van der Waals surface area contributed by atoms with Crippen LogP contribution in [0, 0.1) is 25.2 Å². The molecule has 1 rings (SSSR count). The fraction of sp³-hybridized carbons (Fsp3) is 0.462. The molecule has 0 radical (unpaired) electrons. The molecule has 2 nitrogen and oxygen atoms in total. The highest BCUT2D eigenvalue weighted by molar-refractivity contribution is 5.38. The molecule has 15 heavy (non-hydrogen) atoms. The monoisotopic (exact) mass is 203 g/mol. The Hall–Kier alpha value is -1.49. The van der Waals surface area contributed by atoms with Gasteiger partial charge in [-0.25, -0.2) is 0 Å². The number of hydrogen-bond donors (Lipinski definition) is 0. The van der Waals surface area contributed by atoms with Crippen molar-refractivity contribution < 1.29 is 4.74 Å². The third kappa shape index (κ3) is 2.99. The zero-order valence-corrected chi connectivity index (χ0v) is 9.58. The molecular weight excluding hydrogens is 186 g/mol. The summed E-state index contributed by atoms with van der Waals surface area (Å²) in [6.07, 6.45) is 1.32. The molecule has 0 heterocycles. The van der Waals surface area contributed by atoms with Crippen LogP contribution in [0.25, 0.3) is 0 Å². The number of ether oxygens (including phenoxy) is 1. The van der Waals surface area contributed by atoms with Gasteiger partial charge in [-0.3, -0.25) is 0 Å². The second-order valence-corrected chi connectivity index (χ2v) is 3.71. The molecule has 1 aromatic rings. The van der Waals surface area contributed by atoms with Crippen LogP contribution in [0.1, 0.15) is 30.9 Å². The minimum Gasteiger partial charge on any atom is -0.489 e. The van der Waals surface area contributed by atoms with E-state index in [0.29, 0.717) is 6.42 Å². The summed E-state index contributed by atoms with van der Waals surface area (Å²) in [5.41, 5.74) is 2.38. The van der Waals surface area contributed by atoms with Gasteiger partial charge >= 0.3 is 0 Å². The number of benzene rings is 1. The molecule has 0 saturated heterocycles. The highest BCUT2D eigenvalue weighted by atomic mass is 16.5. The predicted molar refractivity (Wildman–Crippen MR) is 60.9 cm³/mol. The molecule has 80 valence electrons. The number of nitrogens with zero attached hydrogens (tertiary/aromatic N) is 1. The molecule has 0 N–H and O–H groups in total. The van der Waals surface area contributed by atoms with Crippen molar-refractivity contribution in [3.05, 3.63) is 29.3 Å². The summed E-state index contributed by atoms with van der Waals surface area (Å²) in [7, 11) is 0. The second-order valence-electron chi connectivity index (χ2n) is 3.71. The van der Waals surface area contributed by atoms with E-state index in [1.165, 1.54) is 5.56 Å². The van der Waals surface area contributed by atoms with Gasteiger partial charge in [-0.15, -0.1) is 0 Å². The molecule has 0 aliphatic carbocycles. The zero-order valence-electron chi connectivity index (χ0n) is 9.58. The summed E-state index contributed by atoms with van der Waals surface area (Å²) < 4.78 is 5.79. The lowest BCUT2D eigenvalue weighted by Crippen LogP contribution is -2.15. The second kappa shape index (κ2) is 5.41. The Morgan fingerprint density at radius 3 is 2.73 bits per heavy atom. The van der Waals surface area contributed by atoms with Gasteiger partial charge in [-0.1, -0.05) is 19.1 Å². The van der Waals surface area contributed by atoms with Crippen LogP contribution in [-0.2, 0) is 0 Å². The fourth-order valence-corrected chi connectivity index (χ4v) is 1.40. The van der Waals surface area contributed by atoms with Crippen LogP contribution in [0.3, 0.4) is 0 Å². The zero-order chi connectivity index (χ0) is 11.3. The smallest absolute Gasteiger partial charge is 0.122 e. The van der Waals surface area contributed by atoms with Crippen LogP contribution in [0.4, 0.5) is 0 Å². The van der Waals surface area contributed by atoms with Crippen molar-refractivity contribution in [1.29, 1.82) is 5.26 Å². The van der Waals surface area contributed by atoms with Crippen LogP contribution in [0.5, 0.6) is 5.75 Å². The minimum atomic E-state index is 0.00972. The lowest BCUT2D eigenvalue weighted by atomic mass is 10.1. The van der Waals surface area contributed by atoms with E-state index in [1.54, 1.807) is 0 Å². The lowest BCUT2D eigenvalue weighted by molar-refractivity contribution is 0.201. The third-order valence-corrected chi connectivity index (χ3v) is 2.62. The summed E-state index contributed by atoms with van der Waals surface area (Å²) in [5, 5.41) is 8.64. The summed E-state index contributed by atoms with van der Waals surface area (Å²) in [4.78, 5) is 0. The average Bonchev–Trinajstić information content (AvgIpc) is 2.24. The SMILES string of the molecule is CCC(CC#N)Oc1cccc(C)c1C. The van der Waals surface area contributed by atoms with Gasteiger partial charge in [0.15, 0.2) is 0 Å². The van der Waals surface area contributed by atoms with E-state index in [1.807, 2.05) is 26.0 Å². The van der Waals surface area contributed by atoms with E-state index >= 15 is 0 Å². The highest BCUT2D eigenvalue weighted by Gasteiger charge is 2.09. The molecule has 0 amide bonds. The van der Waals surface area contributed by atoms with Gasteiger partial charge in [-0.05, 0) is 37.5 Å². The molecule has 0 aliphatic heterocycles. The molecule has 0 spiro atoms. The predicted octanol–water partition coefficient (Wildman–Crippen LogP) is 3.37. The quantitative estimate of drug-likeness (QED) is 0.751. The van der Waals surface area contributed by atoms with Crippen molar-refractivity contribution in [3.63, 3.8) is 0 Å². The molecule has 0 fully saturated rings. The Balaban J connectivity index is 2.80. The van der Waals surface area contributed by atoms with Crippen molar-refractivity contribution in [2.45, 2.75) is 39.7 Å². The van der Waals surface area contributed by atoms with Crippen molar-refractivity contribution in [1.82, 2.24) is 0 Å². The molecule has 1 atom stereocenters. The van der Waals surface area contributed by atoms with Crippen LogP contribution in [-0.4, -0.2) is 6.10 Å². The molecule has 2 heteroatoms. The Morgan fingerprint density at radius 2 is 2.13 bits per heavy atom. The Morgan fingerprint density at radius 1 is 1.40 bits per heavy atom. The van der Waals surface area contributed by atoms with E-state index in [9.17, 15) is 0 Å². The van der Waals surface area contributed by atoms with Gasteiger partial charge in [0, 0.05) is 0 Å². The first-order valence-corrected chi connectivity index (χ1v) is 5.28. The minimum absolute atomic E-state index is 0.00972. The van der Waals surface area contributed by atoms with E-state index in [2.05, 4.69) is 19.1 Å². The first-order valence-electron chi connectivity index (χ1n) is 5.28. The number of nitriles is 1. The topological polar surface area (TPSA) is 33.0 Å². The molecule has 0 aromatic heterocycles. The number of aryl methyl sites for hydroxylation is 1. The molecule has 0 bridgehead atoms. The van der Waals surface area contributed by atoms with E-state index < -0.39 is 0 Å². The molecule has 0 aliphatic rings. The first kappa shape index (κ1) is 11.6. The molecular formula is C13H17NO. The summed E-state index contributed by atoms with van der Waals surface area (Å²) in [5.74, 6) is 0.900. The Labute approximate surface area is 91.5 Å². The molecule has 1 unspecified atom stereocenters.